The van der Waals surface area contributed by atoms with Gasteiger partial charge in [-0.05, 0) is 80.0 Å². The van der Waals surface area contributed by atoms with Gasteiger partial charge in [0, 0.05) is 6.42 Å². The average Bonchev–Trinajstić information content (AvgIpc) is 2.64. The van der Waals surface area contributed by atoms with Gasteiger partial charge in [0.25, 0.3) is 0 Å². The minimum absolute atomic E-state index is 0.0523. The zero-order valence-corrected chi connectivity index (χ0v) is 22.6. The van der Waals surface area contributed by atoms with Crippen LogP contribution in [-0.2, 0) is 30.2 Å². The Morgan fingerprint density at radius 3 is 1.67 bits per heavy atom. The number of benzene rings is 1. The fourth-order valence-electron chi connectivity index (χ4n) is 2.59. The van der Waals surface area contributed by atoms with Gasteiger partial charge in [-0.1, -0.05) is 6.07 Å². The van der Waals surface area contributed by atoms with E-state index in [-0.39, 0.29) is 17.9 Å². The largest absolute Gasteiger partial charge is 0.514 e. The highest BCUT2D eigenvalue weighted by Crippen LogP contribution is 2.31. The first-order valence-corrected chi connectivity index (χ1v) is 11.3. The zero-order chi connectivity index (χ0) is 27.9. The molecule has 0 aliphatic heterocycles. The maximum Gasteiger partial charge on any atom is 0.514 e. The van der Waals surface area contributed by atoms with Crippen molar-refractivity contribution in [3.63, 3.8) is 0 Å². The molecule has 0 unspecified atom stereocenters. The average molecular weight is 512 g/mol. The van der Waals surface area contributed by atoms with Crippen LogP contribution in [0.25, 0.3) is 0 Å². The van der Waals surface area contributed by atoms with Crippen LogP contribution < -0.4 is 14.8 Å². The number of amides is 1. The molecule has 0 aromatic heterocycles. The van der Waals surface area contributed by atoms with Gasteiger partial charge in [0.05, 0.1) is 7.11 Å². The standard InChI is InChI=1S/C25H37NO10/c1-23(2,3)34-20(28)26-16(19(27)31-10)13-15-11-12-17(32-21(29)35-24(4,5)6)18(14-15)33-22(30)36-25(7,8)9/h11-12,14,16H,13H2,1-10H3,(H,26,28)/t16-/m0/s1. The number of hydrogen-bond acceptors (Lipinski definition) is 10. The molecule has 0 aliphatic carbocycles. The molecule has 1 aromatic carbocycles. The van der Waals surface area contributed by atoms with E-state index in [9.17, 15) is 19.2 Å². The predicted molar refractivity (Wildman–Crippen MR) is 129 cm³/mol. The van der Waals surface area contributed by atoms with Crippen LogP contribution in [-0.4, -0.2) is 54.3 Å². The molecule has 1 aromatic rings. The van der Waals surface area contributed by atoms with Gasteiger partial charge >= 0.3 is 24.4 Å². The minimum Gasteiger partial charge on any atom is -0.467 e. The lowest BCUT2D eigenvalue weighted by Crippen LogP contribution is -2.45. The number of rotatable bonds is 6. The number of methoxy groups -OCH3 is 1. The first-order chi connectivity index (χ1) is 16.3. The lowest BCUT2D eigenvalue weighted by Gasteiger charge is -2.23. The molecule has 0 aliphatic rings. The third-order valence-electron chi connectivity index (χ3n) is 3.79. The number of alkyl carbamates (subject to hydrolysis) is 1. The lowest BCUT2D eigenvalue weighted by molar-refractivity contribution is -0.143. The van der Waals surface area contributed by atoms with Gasteiger partial charge < -0.3 is 33.7 Å². The molecule has 36 heavy (non-hydrogen) atoms. The van der Waals surface area contributed by atoms with Gasteiger partial charge in [0.2, 0.25) is 0 Å². The molecule has 0 radical (unpaired) electrons. The number of ether oxygens (including phenoxy) is 6. The SMILES string of the molecule is COC(=O)[C@H](Cc1ccc(OC(=O)OC(C)(C)C)c(OC(=O)OC(C)(C)C)c1)NC(=O)OC(C)(C)C. The van der Waals surface area contributed by atoms with Crippen molar-refractivity contribution in [2.45, 2.75) is 91.6 Å². The second kappa shape index (κ2) is 12.0. The molecule has 0 spiro atoms. The summed E-state index contributed by atoms with van der Waals surface area (Å²) in [7, 11) is 1.18. The molecule has 1 amide bonds. The summed E-state index contributed by atoms with van der Waals surface area (Å²) < 4.78 is 30.8. The molecule has 11 nitrogen and oxygen atoms in total. The molecule has 0 heterocycles. The molecule has 0 fully saturated rings. The molecule has 202 valence electrons. The Bertz CT molecular complexity index is 951. The Labute approximate surface area is 211 Å². The maximum absolute atomic E-state index is 12.3. The quantitative estimate of drug-likeness (QED) is 0.318. The van der Waals surface area contributed by atoms with Crippen molar-refractivity contribution in [3.8, 4) is 11.5 Å². The molecule has 1 atom stereocenters. The first kappa shape index (κ1) is 30.5. The Balaban J connectivity index is 3.24. The fraction of sp³-hybridized carbons (Fsp3) is 0.600. The second-order valence-electron chi connectivity index (χ2n) is 10.8. The highest BCUT2D eigenvalue weighted by Gasteiger charge is 2.27. The van der Waals surface area contributed by atoms with Gasteiger partial charge in [-0.2, -0.15) is 0 Å². The number of carbonyl (C=O) groups excluding carboxylic acids is 4. The van der Waals surface area contributed by atoms with E-state index < -0.39 is 47.2 Å². The van der Waals surface area contributed by atoms with Crippen LogP contribution in [0.2, 0.25) is 0 Å². The van der Waals surface area contributed by atoms with Gasteiger partial charge in [0.15, 0.2) is 11.5 Å². The third kappa shape index (κ3) is 12.3. The predicted octanol–water partition coefficient (Wildman–Crippen LogP) is 4.92. The van der Waals surface area contributed by atoms with E-state index >= 15 is 0 Å². The topological polar surface area (TPSA) is 136 Å². The van der Waals surface area contributed by atoms with Crippen LogP contribution in [0, 0.1) is 0 Å². The van der Waals surface area contributed by atoms with E-state index in [2.05, 4.69) is 5.32 Å². The van der Waals surface area contributed by atoms with Crippen molar-refractivity contribution in [3.05, 3.63) is 23.8 Å². The molecule has 0 bridgehead atoms. The summed E-state index contributed by atoms with van der Waals surface area (Å²) in [5.74, 6) is -0.994. The fourth-order valence-corrected chi connectivity index (χ4v) is 2.59. The molecular formula is C25H37NO10. The lowest BCUT2D eigenvalue weighted by atomic mass is 10.1. The first-order valence-electron chi connectivity index (χ1n) is 11.3. The highest BCUT2D eigenvalue weighted by molar-refractivity contribution is 5.81. The third-order valence-corrected chi connectivity index (χ3v) is 3.79. The summed E-state index contributed by atoms with van der Waals surface area (Å²) in [5, 5.41) is 2.46. The van der Waals surface area contributed by atoms with Gasteiger partial charge in [-0.25, -0.2) is 19.2 Å². The van der Waals surface area contributed by atoms with E-state index in [1.54, 1.807) is 62.3 Å². The van der Waals surface area contributed by atoms with Crippen LogP contribution in [0.1, 0.15) is 67.9 Å². The monoisotopic (exact) mass is 511 g/mol. The summed E-state index contributed by atoms with van der Waals surface area (Å²) in [6.07, 6.45) is -2.91. The van der Waals surface area contributed by atoms with Crippen molar-refractivity contribution in [1.29, 1.82) is 0 Å². The Hall–Kier alpha value is -3.50. The highest BCUT2D eigenvalue weighted by atomic mass is 16.8. The van der Waals surface area contributed by atoms with Crippen molar-refractivity contribution >= 4 is 24.4 Å². The molecular weight excluding hydrogens is 474 g/mol. The van der Waals surface area contributed by atoms with Crippen molar-refractivity contribution in [2.24, 2.45) is 0 Å². The van der Waals surface area contributed by atoms with Gasteiger partial charge in [-0.3, -0.25) is 0 Å². The summed E-state index contributed by atoms with van der Waals surface area (Å²) >= 11 is 0. The van der Waals surface area contributed by atoms with Crippen LogP contribution >= 0.6 is 0 Å². The van der Waals surface area contributed by atoms with E-state index in [0.29, 0.717) is 5.56 Å². The summed E-state index contributed by atoms with van der Waals surface area (Å²) in [6, 6.07) is 3.14. The molecule has 0 saturated heterocycles. The molecule has 1 N–H and O–H groups in total. The van der Waals surface area contributed by atoms with Crippen LogP contribution in [0.5, 0.6) is 11.5 Å². The minimum atomic E-state index is -1.11. The normalized spacial score (nSPS) is 12.6. The number of hydrogen-bond donors (Lipinski definition) is 1. The van der Waals surface area contributed by atoms with Crippen LogP contribution in [0.3, 0.4) is 0 Å². The van der Waals surface area contributed by atoms with E-state index in [1.807, 2.05) is 0 Å². The zero-order valence-electron chi connectivity index (χ0n) is 22.6. The number of carbonyl (C=O) groups is 4. The Morgan fingerprint density at radius 2 is 1.22 bits per heavy atom. The van der Waals surface area contributed by atoms with Crippen molar-refractivity contribution < 1.29 is 47.6 Å². The van der Waals surface area contributed by atoms with E-state index in [0.717, 1.165) is 0 Å². The van der Waals surface area contributed by atoms with E-state index in [4.69, 9.17) is 28.4 Å². The Kier molecular flexibility index (Phi) is 10.1. The Morgan fingerprint density at radius 1 is 0.750 bits per heavy atom. The number of esters is 1. The van der Waals surface area contributed by atoms with E-state index in [1.165, 1.54) is 25.3 Å². The van der Waals surface area contributed by atoms with Crippen LogP contribution in [0.15, 0.2) is 18.2 Å². The van der Waals surface area contributed by atoms with Gasteiger partial charge in [0.1, 0.15) is 22.8 Å². The van der Waals surface area contributed by atoms with Crippen LogP contribution in [0.4, 0.5) is 14.4 Å². The van der Waals surface area contributed by atoms with Crippen molar-refractivity contribution in [1.82, 2.24) is 5.32 Å². The summed E-state index contributed by atoms with van der Waals surface area (Å²) in [6.45, 7) is 15.0. The molecule has 1 rings (SSSR count). The van der Waals surface area contributed by atoms with Gasteiger partial charge in [-0.15, -0.1) is 0 Å². The second-order valence-corrected chi connectivity index (χ2v) is 10.8. The van der Waals surface area contributed by atoms with Crippen molar-refractivity contribution in [2.75, 3.05) is 7.11 Å². The smallest absolute Gasteiger partial charge is 0.467 e. The summed E-state index contributed by atoms with van der Waals surface area (Å²) in [4.78, 5) is 49.0. The maximum atomic E-state index is 12.3. The number of nitrogens with one attached hydrogen (secondary N) is 1. The summed E-state index contributed by atoms with van der Waals surface area (Å²) in [5.41, 5.74) is -1.99. The molecule has 11 heteroatoms. The molecule has 0 saturated carbocycles.